The number of hydrogen-bond acceptors (Lipinski definition) is 6. The van der Waals surface area contributed by atoms with Crippen LogP contribution in [0.25, 0.3) is 12.2 Å². The topological polar surface area (TPSA) is 121 Å². The smallest absolute Gasteiger partial charge is 0.357 e. The molecule has 2 aromatic carbocycles. The third kappa shape index (κ3) is 5.31. The molecule has 0 bridgehead atoms. The second-order valence-corrected chi connectivity index (χ2v) is 6.93. The zero-order chi connectivity index (χ0) is 23.1. The average molecular weight is 436 g/mol. The number of anilines is 1. The van der Waals surface area contributed by atoms with Gasteiger partial charge in [0.1, 0.15) is 18.1 Å². The minimum absolute atomic E-state index is 0.189. The molecule has 0 amide bonds. The van der Waals surface area contributed by atoms with Crippen molar-refractivity contribution in [2.75, 3.05) is 18.0 Å². The van der Waals surface area contributed by atoms with Crippen LogP contribution in [0.3, 0.4) is 0 Å². The minimum atomic E-state index is -1.06. The monoisotopic (exact) mass is 436 g/mol. The molecular weight excluding hydrogens is 412 g/mol. The van der Waals surface area contributed by atoms with Crippen LogP contribution in [0.1, 0.15) is 30.7 Å². The molecule has 32 heavy (non-hydrogen) atoms. The predicted octanol–water partition coefficient (Wildman–Crippen LogP) is 3.57. The lowest BCUT2D eigenvalue weighted by Gasteiger charge is -2.22. The fourth-order valence-corrected chi connectivity index (χ4v) is 3.28. The maximum Gasteiger partial charge on any atom is 0.357 e. The van der Waals surface area contributed by atoms with E-state index in [1.807, 2.05) is 53.5 Å². The van der Waals surface area contributed by atoms with E-state index in [0.29, 0.717) is 17.9 Å². The molecule has 2 N–H and O–H groups in total. The molecule has 1 heterocycles. The molecule has 3 aromatic rings. The van der Waals surface area contributed by atoms with Crippen molar-refractivity contribution in [2.24, 2.45) is 0 Å². The van der Waals surface area contributed by atoms with Crippen molar-refractivity contribution in [1.29, 1.82) is 0 Å². The van der Waals surface area contributed by atoms with Crippen molar-refractivity contribution in [2.45, 2.75) is 20.5 Å². The van der Waals surface area contributed by atoms with Gasteiger partial charge >= 0.3 is 16.9 Å². The van der Waals surface area contributed by atoms with Crippen molar-refractivity contribution in [3.63, 3.8) is 0 Å². The molecule has 0 atom stereocenters. The molecule has 0 unspecified atom stereocenters. The van der Waals surface area contributed by atoms with Crippen LogP contribution in [0.2, 0.25) is 0 Å². The largest absolute Gasteiger partial charge is 0.488 e. The summed E-state index contributed by atoms with van der Waals surface area (Å²) in [6, 6.07) is 15.3. The minimum Gasteiger partial charge on any atom is -0.488 e. The van der Waals surface area contributed by atoms with Crippen LogP contribution in [0.15, 0.2) is 58.1 Å². The zero-order valence-corrected chi connectivity index (χ0v) is 17.8. The van der Waals surface area contributed by atoms with Crippen LogP contribution in [-0.2, 0) is 6.61 Å². The summed E-state index contributed by atoms with van der Waals surface area (Å²) in [5.74, 6) is 0.573. The fraction of sp³-hybridized carbons (Fsp3) is 0.217. The Morgan fingerprint density at radius 1 is 1.03 bits per heavy atom. The third-order valence-corrected chi connectivity index (χ3v) is 4.92. The summed E-state index contributed by atoms with van der Waals surface area (Å²) in [5.41, 5.74) is -0.185. The van der Waals surface area contributed by atoms with E-state index in [2.05, 4.69) is 23.7 Å². The number of nitro groups is 1. The Hall–Kier alpha value is -4.14. The number of benzene rings is 2. The maximum atomic E-state index is 11.8. The number of nitrogens with zero attached hydrogens (tertiary/aromatic N) is 2. The van der Waals surface area contributed by atoms with E-state index in [1.165, 1.54) is 6.08 Å². The first-order valence-electron chi connectivity index (χ1n) is 10.2. The van der Waals surface area contributed by atoms with Gasteiger partial charge in [0.05, 0.1) is 4.92 Å². The van der Waals surface area contributed by atoms with Crippen molar-refractivity contribution in [3.8, 4) is 5.75 Å². The van der Waals surface area contributed by atoms with Crippen LogP contribution in [0.4, 0.5) is 11.4 Å². The van der Waals surface area contributed by atoms with Gasteiger partial charge in [0.25, 0.3) is 0 Å². The molecular formula is C23H24N4O5. The molecule has 0 spiro atoms. The molecule has 0 aliphatic rings. The van der Waals surface area contributed by atoms with E-state index in [4.69, 9.17) is 4.74 Å². The van der Waals surface area contributed by atoms with Gasteiger partial charge in [-0.15, -0.1) is 0 Å². The van der Waals surface area contributed by atoms with Crippen molar-refractivity contribution in [3.05, 3.63) is 96.3 Å². The van der Waals surface area contributed by atoms with E-state index < -0.39 is 21.9 Å². The lowest BCUT2D eigenvalue weighted by Crippen LogP contribution is -2.25. The van der Waals surface area contributed by atoms with Gasteiger partial charge in [-0.2, -0.15) is 0 Å². The van der Waals surface area contributed by atoms with E-state index in [9.17, 15) is 19.7 Å². The van der Waals surface area contributed by atoms with Crippen molar-refractivity contribution in [1.82, 2.24) is 9.97 Å². The predicted molar refractivity (Wildman–Crippen MR) is 124 cm³/mol. The molecule has 0 fully saturated rings. The highest BCUT2D eigenvalue weighted by atomic mass is 16.6. The Labute approximate surface area is 184 Å². The van der Waals surface area contributed by atoms with Gasteiger partial charge in [-0.25, -0.2) is 4.79 Å². The molecule has 0 radical (unpaired) electrons. The first-order chi connectivity index (χ1) is 15.4. The Morgan fingerprint density at radius 2 is 1.75 bits per heavy atom. The summed E-state index contributed by atoms with van der Waals surface area (Å²) >= 11 is 0. The Bertz CT molecular complexity index is 1230. The maximum absolute atomic E-state index is 11.8. The molecule has 166 valence electrons. The van der Waals surface area contributed by atoms with Gasteiger partial charge in [0, 0.05) is 30.4 Å². The summed E-state index contributed by atoms with van der Waals surface area (Å²) in [6.45, 7) is 6.11. The summed E-state index contributed by atoms with van der Waals surface area (Å²) < 4.78 is 6.06. The highest BCUT2D eigenvalue weighted by molar-refractivity contribution is 5.75. The van der Waals surface area contributed by atoms with Crippen molar-refractivity contribution >= 4 is 23.5 Å². The van der Waals surface area contributed by atoms with Crippen LogP contribution >= 0.6 is 0 Å². The van der Waals surface area contributed by atoms with Gasteiger partial charge in [-0.3, -0.25) is 19.9 Å². The van der Waals surface area contributed by atoms with Crippen LogP contribution in [-0.4, -0.2) is 28.0 Å². The number of aromatic amines is 2. The van der Waals surface area contributed by atoms with E-state index in [1.54, 1.807) is 6.08 Å². The molecule has 0 aliphatic heterocycles. The van der Waals surface area contributed by atoms with Gasteiger partial charge in [0.2, 0.25) is 0 Å². The molecule has 9 nitrogen and oxygen atoms in total. The SMILES string of the molecule is CCN(CC)c1ccc(/C=C\c2[nH]c(=O)[nH]c(=O)c2[N+](=O)[O-])c(OCc2ccccc2)c1. The summed E-state index contributed by atoms with van der Waals surface area (Å²) in [7, 11) is 0. The first-order valence-corrected chi connectivity index (χ1v) is 10.2. The quantitative estimate of drug-likeness (QED) is 0.391. The first kappa shape index (κ1) is 22.5. The lowest BCUT2D eigenvalue weighted by atomic mass is 10.1. The normalized spacial score (nSPS) is 10.9. The highest BCUT2D eigenvalue weighted by Gasteiger charge is 2.19. The fourth-order valence-electron chi connectivity index (χ4n) is 3.28. The van der Waals surface area contributed by atoms with Gasteiger partial charge < -0.3 is 14.6 Å². The summed E-state index contributed by atoms with van der Waals surface area (Å²) in [6.07, 6.45) is 2.90. The third-order valence-electron chi connectivity index (χ3n) is 4.92. The Kier molecular flexibility index (Phi) is 7.22. The van der Waals surface area contributed by atoms with Crippen LogP contribution in [0, 0.1) is 10.1 Å². The van der Waals surface area contributed by atoms with Crippen LogP contribution in [0.5, 0.6) is 5.75 Å². The molecule has 0 aliphatic carbocycles. The van der Waals surface area contributed by atoms with Gasteiger partial charge in [-0.05, 0) is 43.7 Å². The lowest BCUT2D eigenvalue weighted by molar-refractivity contribution is -0.386. The van der Waals surface area contributed by atoms with Gasteiger partial charge in [0.15, 0.2) is 0 Å². The number of hydrogen-bond donors (Lipinski definition) is 2. The molecule has 0 saturated carbocycles. The van der Waals surface area contributed by atoms with E-state index in [0.717, 1.165) is 24.3 Å². The average Bonchev–Trinajstić information content (AvgIpc) is 2.77. The number of nitrogens with one attached hydrogen (secondary N) is 2. The number of rotatable bonds is 9. The summed E-state index contributed by atoms with van der Waals surface area (Å²) in [4.78, 5) is 40.2. The molecule has 1 aromatic heterocycles. The second-order valence-electron chi connectivity index (χ2n) is 6.93. The number of H-pyrrole nitrogens is 2. The van der Waals surface area contributed by atoms with E-state index >= 15 is 0 Å². The molecule has 3 rings (SSSR count). The van der Waals surface area contributed by atoms with Crippen molar-refractivity contribution < 1.29 is 9.66 Å². The summed E-state index contributed by atoms with van der Waals surface area (Å²) in [5, 5.41) is 11.3. The molecule has 9 heteroatoms. The standard InChI is InChI=1S/C23H24N4O5/c1-3-26(4-2)18-12-10-17(20(14-18)32-15-16-8-6-5-7-9-16)11-13-19-21(27(30)31)22(28)25-23(29)24-19/h5-14H,3-4,15H2,1-2H3,(H2,24,25,28,29)/b13-11-. The number of ether oxygens (including phenoxy) is 1. The second kappa shape index (κ2) is 10.3. The van der Waals surface area contributed by atoms with E-state index in [-0.39, 0.29) is 5.69 Å². The number of aromatic nitrogens is 2. The molecule has 0 saturated heterocycles. The Morgan fingerprint density at radius 3 is 2.41 bits per heavy atom. The zero-order valence-electron chi connectivity index (χ0n) is 17.8. The van der Waals surface area contributed by atoms with Crippen LogP contribution < -0.4 is 20.9 Å². The highest BCUT2D eigenvalue weighted by Crippen LogP contribution is 2.28. The Balaban J connectivity index is 2.00. The van der Waals surface area contributed by atoms with Gasteiger partial charge in [-0.1, -0.05) is 30.3 Å².